The van der Waals surface area contributed by atoms with E-state index in [1.807, 2.05) is 12.1 Å². The molecule has 238 valence electrons. The van der Waals surface area contributed by atoms with Gasteiger partial charge in [0.1, 0.15) is 6.10 Å². The van der Waals surface area contributed by atoms with Gasteiger partial charge in [0.25, 0.3) is 11.8 Å². The number of amides is 2. The number of aliphatic hydroxyl groups excluding tert-OH is 2. The largest absolute Gasteiger partial charge is 0.504 e. The third-order valence-electron chi connectivity index (χ3n) is 9.98. The van der Waals surface area contributed by atoms with Gasteiger partial charge in [-0.05, 0) is 62.1 Å². The van der Waals surface area contributed by atoms with Crippen LogP contribution < -0.4 is 10.5 Å². The average molecular weight is 624 g/mol. The zero-order valence-electron chi connectivity index (χ0n) is 24.0. The predicted molar refractivity (Wildman–Crippen MR) is 155 cm³/mol. The number of ether oxygens (including phenoxy) is 1. The molecule has 14 nitrogen and oxygen atoms in total. The van der Waals surface area contributed by atoms with Crippen molar-refractivity contribution in [3.05, 3.63) is 65.2 Å². The summed E-state index contributed by atoms with van der Waals surface area (Å²) >= 11 is 0. The first-order chi connectivity index (χ1) is 21.3. The van der Waals surface area contributed by atoms with Gasteiger partial charge in [-0.3, -0.25) is 19.4 Å². The number of imide groups is 1. The highest BCUT2D eigenvalue weighted by Crippen LogP contribution is 2.66. The Kier molecular flexibility index (Phi) is 7.16. The molecule has 2 unspecified atom stereocenters. The number of nitrogens with two attached hydrogens (primary N) is 1. The molecule has 0 aromatic heterocycles. The van der Waals surface area contributed by atoms with Gasteiger partial charge in [-0.25, -0.2) is 9.59 Å². The third-order valence-corrected chi connectivity index (χ3v) is 9.98. The molecule has 8 N–H and O–H groups in total. The second kappa shape index (κ2) is 10.5. The van der Waals surface area contributed by atoms with Gasteiger partial charge in [0.2, 0.25) is 0 Å². The van der Waals surface area contributed by atoms with Gasteiger partial charge in [0.05, 0.1) is 28.2 Å². The number of anilines is 1. The molecule has 2 fully saturated rings. The number of rotatable bonds is 6. The van der Waals surface area contributed by atoms with Gasteiger partial charge < -0.3 is 41.1 Å². The molecule has 7 atom stereocenters. The topological polar surface area (TPSA) is 231 Å². The minimum Gasteiger partial charge on any atom is -0.504 e. The second-order valence-electron chi connectivity index (χ2n) is 12.1. The minimum atomic E-state index is -2.27. The SMILES string of the molecule is C=CCN1CC[C@]23c4c5ccc(O)c4O[C@H]2[C@H](N2C(=O)c4ccc(N)cc4C2=O)CC[C@@]3(O)[C@H]1C5.O=C(O)C(O)C(O)C(=O)O. The van der Waals surface area contributed by atoms with E-state index in [1.54, 1.807) is 24.3 Å². The molecular formula is C31H33N3O11. The van der Waals surface area contributed by atoms with Crippen molar-refractivity contribution in [1.29, 1.82) is 0 Å². The van der Waals surface area contributed by atoms with Gasteiger partial charge in [-0.1, -0.05) is 12.1 Å². The lowest BCUT2D eigenvalue weighted by molar-refractivity contribution is -0.194. The third kappa shape index (κ3) is 4.16. The van der Waals surface area contributed by atoms with Gasteiger partial charge in [-0.2, -0.15) is 0 Å². The fraction of sp³-hybridized carbons (Fsp3) is 0.419. The van der Waals surface area contributed by atoms with Crippen LogP contribution in [-0.2, 0) is 21.4 Å². The van der Waals surface area contributed by atoms with Gasteiger partial charge in [-0.15, -0.1) is 6.58 Å². The Labute approximate surface area is 256 Å². The molecule has 0 radical (unpaired) electrons. The van der Waals surface area contributed by atoms with E-state index in [0.717, 1.165) is 17.7 Å². The summed E-state index contributed by atoms with van der Waals surface area (Å²) in [5.41, 5.74) is 6.91. The Morgan fingerprint density at radius 3 is 2.38 bits per heavy atom. The number of carboxylic acids is 2. The van der Waals surface area contributed by atoms with Crippen LogP contribution in [0.1, 0.15) is 51.1 Å². The number of aromatic hydroxyl groups is 1. The summed E-state index contributed by atoms with van der Waals surface area (Å²) in [7, 11) is 0. The van der Waals surface area contributed by atoms with Gasteiger partial charge in [0, 0.05) is 23.8 Å². The summed E-state index contributed by atoms with van der Waals surface area (Å²) in [6, 6.07) is 7.60. The maximum Gasteiger partial charge on any atom is 0.335 e. The summed E-state index contributed by atoms with van der Waals surface area (Å²) < 4.78 is 6.49. The lowest BCUT2D eigenvalue weighted by atomic mass is 9.48. The maximum atomic E-state index is 13.5. The predicted octanol–water partition coefficient (Wildman–Crippen LogP) is -0.143. The molecule has 5 aliphatic rings. The van der Waals surface area contributed by atoms with E-state index < -0.39 is 47.3 Å². The molecule has 1 saturated carbocycles. The number of aliphatic hydroxyl groups is 3. The maximum absolute atomic E-state index is 13.5. The van der Waals surface area contributed by atoms with Crippen molar-refractivity contribution in [2.45, 2.75) is 67.1 Å². The molecule has 2 aromatic carbocycles. The minimum absolute atomic E-state index is 0.0238. The summed E-state index contributed by atoms with van der Waals surface area (Å²) in [6.07, 6.45) is -1.27. The van der Waals surface area contributed by atoms with Crippen LogP contribution in [-0.4, -0.2) is 113 Å². The zero-order valence-corrected chi connectivity index (χ0v) is 24.0. The number of hydrogen-bond acceptors (Lipinski definition) is 11. The molecule has 1 saturated heterocycles. The highest BCUT2D eigenvalue weighted by atomic mass is 16.5. The number of likely N-dealkylation sites (tertiary alicyclic amines) is 1. The van der Waals surface area contributed by atoms with Crippen LogP contribution in [0.3, 0.4) is 0 Å². The molecule has 3 aliphatic heterocycles. The van der Waals surface area contributed by atoms with Crippen molar-refractivity contribution in [2.24, 2.45) is 0 Å². The summed E-state index contributed by atoms with van der Waals surface area (Å²) in [6.45, 7) is 5.29. The molecular weight excluding hydrogens is 590 g/mol. The molecule has 1 spiro atoms. The highest BCUT2D eigenvalue weighted by molar-refractivity contribution is 6.22. The van der Waals surface area contributed by atoms with Crippen LogP contribution in [0.4, 0.5) is 5.69 Å². The number of carbonyl (C=O) groups is 4. The number of nitrogen functional groups attached to an aromatic ring is 1. The molecule has 2 aromatic rings. The fourth-order valence-corrected chi connectivity index (χ4v) is 8.10. The highest BCUT2D eigenvalue weighted by Gasteiger charge is 2.74. The average Bonchev–Trinajstić information content (AvgIpc) is 3.47. The van der Waals surface area contributed by atoms with Crippen molar-refractivity contribution < 1.29 is 54.6 Å². The molecule has 2 amide bonds. The van der Waals surface area contributed by atoms with Crippen LogP contribution in [0.15, 0.2) is 43.0 Å². The number of phenols is 1. The standard InChI is InChI=1S/C27H27N3O5.C4H6O6/c1-2-10-29-11-9-26-21-14-3-6-19(31)22(21)35-23(26)18(7-8-27(26,34)20(29)12-14)30-24(32)16-5-4-15(28)13-17(16)25(30)33;5-1(3(7)8)2(6)4(9)10/h2-6,13,18,20,23,31,34H,1,7-12,28H2;1-2,5-6H,(H,7,8)(H,9,10)/t18-,20-,23+,26+,27-;/m1./s1. The van der Waals surface area contributed by atoms with E-state index in [0.29, 0.717) is 54.8 Å². The number of fused-ring (bicyclic) bond motifs is 1. The first kappa shape index (κ1) is 30.5. The summed E-state index contributed by atoms with van der Waals surface area (Å²) in [5.74, 6) is -3.88. The number of piperidine rings is 1. The Hall–Kier alpha value is -4.50. The Morgan fingerprint density at radius 2 is 1.73 bits per heavy atom. The molecule has 14 heteroatoms. The van der Waals surface area contributed by atoms with E-state index in [-0.39, 0.29) is 23.6 Å². The van der Waals surface area contributed by atoms with Gasteiger partial charge >= 0.3 is 11.9 Å². The quantitative estimate of drug-likeness (QED) is 0.126. The lowest BCUT2D eigenvalue weighted by Gasteiger charge is -2.64. The Bertz CT molecular complexity index is 1630. The first-order valence-corrected chi connectivity index (χ1v) is 14.5. The van der Waals surface area contributed by atoms with Crippen molar-refractivity contribution in [3.8, 4) is 11.5 Å². The van der Waals surface area contributed by atoms with Crippen molar-refractivity contribution in [1.82, 2.24) is 9.80 Å². The normalized spacial score (nSPS) is 30.3. The van der Waals surface area contributed by atoms with E-state index in [4.69, 9.17) is 30.9 Å². The number of phenolic OH excluding ortho intramolecular Hbond substituents is 1. The number of aliphatic carboxylic acids is 2. The number of carbonyl (C=O) groups excluding carboxylic acids is 2. The van der Waals surface area contributed by atoms with E-state index in [9.17, 15) is 29.4 Å². The van der Waals surface area contributed by atoms with Crippen LogP contribution in [0.2, 0.25) is 0 Å². The van der Waals surface area contributed by atoms with Crippen LogP contribution >= 0.6 is 0 Å². The number of carboxylic acid groups (broad SMARTS) is 2. The van der Waals surface area contributed by atoms with Crippen LogP contribution in [0.5, 0.6) is 11.5 Å². The first-order valence-electron chi connectivity index (χ1n) is 14.5. The zero-order chi connectivity index (χ0) is 32.6. The summed E-state index contributed by atoms with van der Waals surface area (Å²) in [4.78, 5) is 50.1. The smallest absolute Gasteiger partial charge is 0.335 e. The van der Waals surface area contributed by atoms with Crippen LogP contribution in [0.25, 0.3) is 0 Å². The molecule has 3 heterocycles. The lowest BCUT2D eigenvalue weighted by Crippen LogP contribution is -2.78. The van der Waals surface area contributed by atoms with E-state index in [1.165, 1.54) is 4.90 Å². The summed E-state index contributed by atoms with van der Waals surface area (Å²) in [5, 5.41) is 55.7. The molecule has 2 aliphatic carbocycles. The van der Waals surface area contributed by atoms with E-state index >= 15 is 0 Å². The molecule has 45 heavy (non-hydrogen) atoms. The second-order valence-corrected chi connectivity index (χ2v) is 12.1. The monoisotopic (exact) mass is 623 g/mol. The molecule has 7 rings (SSSR count). The van der Waals surface area contributed by atoms with E-state index in [2.05, 4.69) is 11.5 Å². The fourth-order valence-electron chi connectivity index (χ4n) is 8.10. The van der Waals surface area contributed by atoms with Crippen molar-refractivity contribution in [2.75, 3.05) is 18.8 Å². The van der Waals surface area contributed by atoms with Crippen molar-refractivity contribution >= 4 is 29.4 Å². The number of nitrogens with zero attached hydrogens (tertiary/aromatic N) is 2. The van der Waals surface area contributed by atoms with Crippen molar-refractivity contribution in [3.63, 3.8) is 0 Å². The Balaban J connectivity index is 0.000000311. The van der Waals surface area contributed by atoms with Crippen LogP contribution in [0, 0.1) is 0 Å². The Morgan fingerprint density at radius 1 is 1.07 bits per heavy atom. The number of hydrogen-bond donors (Lipinski definition) is 7. The van der Waals surface area contributed by atoms with Gasteiger partial charge in [0.15, 0.2) is 23.7 Å². The molecule has 2 bridgehead atoms. The number of benzene rings is 2.